The normalized spacial score (nSPS) is 11.3. The first-order chi connectivity index (χ1) is 11.2. The molecular formula is C15H10Cl2F3N3O. The molecule has 24 heavy (non-hydrogen) atoms. The highest BCUT2D eigenvalue weighted by Gasteiger charge is 2.35. The van der Waals surface area contributed by atoms with Gasteiger partial charge in [-0.15, -0.1) is 0 Å². The molecule has 0 aliphatic rings. The second-order valence-electron chi connectivity index (χ2n) is 4.87. The summed E-state index contributed by atoms with van der Waals surface area (Å²) in [5, 5.41) is 13.1. The van der Waals surface area contributed by atoms with Crippen LogP contribution in [0.4, 0.5) is 13.2 Å². The lowest BCUT2D eigenvalue weighted by Crippen LogP contribution is -2.32. The maximum atomic E-state index is 13.0. The monoisotopic (exact) mass is 375 g/mol. The Morgan fingerprint density at radius 2 is 2.00 bits per heavy atom. The molecule has 0 radical (unpaired) electrons. The Morgan fingerprint density at radius 1 is 1.29 bits per heavy atom. The number of rotatable bonds is 4. The molecule has 0 fully saturated rings. The van der Waals surface area contributed by atoms with Crippen molar-refractivity contribution >= 4 is 23.2 Å². The van der Waals surface area contributed by atoms with E-state index >= 15 is 0 Å². The molecule has 2 rings (SSSR count). The van der Waals surface area contributed by atoms with E-state index in [1.807, 2.05) is 0 Å². The SMILES string of the molecule is N#CCc1cc(C(F)(F)F)c(=O)n(CCc2cccc(Cl)c2Cl)n1. The Labute approximate surface area is 145 Å². The predicted octanol–water partition coefficient (Wildman–Crippen LogP) is 3.88. The van der Waals surface area contributed by atoms with E-state index in [2.05, 4.69) is 5.10 Å². The van der Waals surface area contributed by atoms with Gasteiger partial charge in [-0.25, -0.2) is 4.68 Å². The zero-order valence-electron chi connectivity index (χ0n) is 12.1. The van der Waals surface area contributed by atoms with E-state index in [0.717, 1.165) is 0 Å². The van der Waals surface area contributed by atoms with E-state index in [1.165, 1.54) is 0 Å². The van der Waals surface area contributed by atoms with Crippen molar-refractivity contribution in [2.24, 2.45) is 0 Å². The van der Waals surface area contributed by atoms with Crippen LogP contribution in [0.3, 0.4) is 0 Å². The molecule has 1 aromatic heterocycles. The minimum Gasteiger partial charge on any atom is -0.267 e. The number of nitriles is 1. The van der Waals surface area contributed by atoms with Crippen LogP contribution in [-0.4, -0.2) is 9.78 Å². The van der Waals surface area contributed by atoms with Gasteiger partial charge in [0.15, 0.2) is 0 Å². The average molecular weight is 376 g/mol. The van der Waals surface area contributed by atoms with Crippen molar-refractivity contribution in [3.8, 4) is 6.07 Å². The molecule has 0 saturated carbocycles. The van der Waals surface area contributed by atoms with Crippen LogP contribution in [0, 0.1) is 11.3 Å². The van der Waals surface area contributed by atoms with Crippen molar-refractivity contribution in [3.63, 3.8) is 0 Å². The molecule has 0 atom stereocenters. The molecule has 0 bridgehead atoms. The summed E-state index contributed by atoms with van der Waals surface area (Å²) in [5.41, 5.74) is -2.15. The third-order valence-electron chi connectivity index (χ3n) is 3.22. The number of benzene rings is 1. The maximum absolute atomic E-state index is 13.0. The van der Waals surface area contributed by atoms with Crippen molar-refractivity contribution < 1.29 is 13.2 Å². The topological polar surface area (TPSA) is 58.7 Å². The zero-order valence-corrected chi connectivity index (χ0v) is 13.6. The minimum absolute atomic E-state index is 0.124. The second-order valence-corrected chi connectivity index (χ2v) is 5.66. The van der Waals surface area contributed by atoms with E-state index in [-0.39, 0.29) is 30.1 Å². The lowest BCUT2D eigenvalue weighted by molar-refractivity contribution is -0.139. The molecular weight excluding hydrogens is 366 g/mol. The predicted molar refractivity (Wildman–Crippen MR) is 83.0 cm³/mol. The summed E-state index contributed by atoms with van der Waals surface area (Å²) in [6, 6.07) is 7.20. The van der Waals surface area contributed by atoms with Crippen molar-refractivity contribution in [2.75, 3.05) is 0 Å². The molecule has 0 saturated heterocycles. The van der Waals surface area contributed by atoms with Crippen LogP contribution in [0.2, 0.25) is 10.0 Å². The molecule has 1 heterocycles. The highest BCUT2D eigenvalue weighted by Crippen LogP contribution is 2.27. The van der Waals surface area contributed by atoms with Gasteiger partial charge in [0.25, 0.3) is 5.56 Å². The van der Waals surface area contributed by atoms with Crippen molar-refractivity contribution in [3.05, 3.63) is 61.5 Å². The van der Waals surface area contributed by atoms with E-state index < -0.39 is 17.3 Å². The molecule has 0 amide bonds. The fourth-order valence-electron chi connectivity index (χ4n) is 2.09. The smallest absolute Gasteiger partial charge is 0.267 e. The Kier molecular flexibility index (Phi) is 5.52. The number of aromatic nitrogens is 2. The van der Waals surface area contributed by atoms with Crippen LogP contribution < -0.4 is 5.56 Å². The van der Waals surface area contributed by atoms with Gasteiger partial charge in [-0.1, -0.05) is 35.3 Å². The maximum Gasteiger partial charge on any atom is 0.421 e. The summed E-state index contributed by atoms with van der Waals surface area (Å²) >= 11 is 11.9. The fraction of sp³-hybridized carbons (Fsp3) is 0.267. The van der Waals surface area contributed by atoms with E-state index in [9.17, 15) is 18.0 Å². The number of halogens is 5. The van der Waals surface area contributed by atoms with Crippen LogP contribution in [0.5, 0.6) is 0 Å². The van der Waals surface area contributed by atoms with Gasteiger partial charge in [-0.3, -0.25) is 4.79 Å². The summed E-state index contributed by atoms with van der Waals surface area (Å²) in [5.74, 6) is 0. The molecule has 9 heteroatoms. The van der Waals surface area contributed by atoms with Crippen molar-refractivity contribution in [2.45, 2.75) is 25.6 Å². The second kappa shape index (κ2) is 7.24. The Bertz CT molecular complexity index is 857. The molecule has 0 aliphatic heterocycles. The van der Waals surface area contributed by atoms with E-state index in [1.54, 1.807) is 24.3 Å². The lowest BCUT2D eigenvalue weighted by atomic mass is 10.1. The van der Waals surface area contributed by atoms with Gasteiger partial charge in [0.1, 0.15) is 5.56 Å². The quantitative estimate of drug-likeness (QED) is 0.814. The average Bonchev–Trinajstić information content (AvgIpc) is 2.50. The van der Waals surface area contributed by atoms with Gasteiger partial charge in [-0.2, -0.15) is 23.5 Å². The first-order valence-electron chi connectivity index (χ1n) is 6.72. The number of hydrogen-bond donors (Lipinski definition) is 0. The van der Waals surface area contributed by atoms with Gasteiger partial charge in [0.05, 0.1) is 28.2 Å². The van der Waals surface area contributed by atoms with Crippen LogP contribution in [0.1, 0.15) is 16.8 Å². The van der Waals surface area contributed by atoms with Gasteiger partial charge < -0.3 is 0 Å². The Hall–Kier alpha value is -2.04. The number of hydrogen-bond acceptors (Lipinski definition) is 3. The number of alkyl halides is 3. The van der Waals surface area contributed by atoms with Crippen LogP contribution in [-0.2, 0) is 25.6 Å². The van der Waals surface area contributed by atoms with Crippen molar-refractivity contribution in [1.82, 2.24) is 9.78 Å². The third-order valence-corrected chi connectivity index (χ3v) is 4.07. The highest BCUT2D eigenvalue weighted by molar-refractivity contribution is 6.42. The summed E-state index contributed by atoms with van der Waals surface area (Å²) in [7, 11) is 0. The first kappa shape index (κ1) is 18.3. The van der Waals surface area contributed by atoms with Gasteiger partial charge in [-0.05, 0) is 24.1 Å². The number of nitrogens with zero attached hydrogens (tertiary/aromatic N) is 3. The van der Waals surface area contributed by atoms with Crippen LogP contribution in [0.25, 0.3) is 0 Å². The minimum atomic E-state index is -4.82. The van der Waals surface area contributed by atoms with Crippen molar-refractivity contribution in [1.29, 1.82) is 5.26 Å². The van der Waals surface area contributed by atoms with Crippen LogP contribution in [0.15, 0.2) is 29.1 Å². The molecule has 0 aliphatic carbocycles. The fourth-order valence-corrected chi connectivity index (χ4v) is 2.50. The molecule has 1 aromatic carbocycles. The molecule has 0 N–H and O–H groups in total. The van der Waals surface area contributed by atoms with Crippen LogP contribution >= 0.6 is 23.2 Å². The highest BCUT2D eigenvalue weighted by atomic mass is 35.5. The summed E-state index contributed by atoms with van der Waals surface area (Å²) in [4.78, 5) is 12.0. The van der Waals surface area contributed by atoms with Gasteiger partial charge in [0.2, 0.25) is 0 Å². The lowest BCUT2D eigenvalue weighted by Gasteiger charge is -2.12. The molecule has 0 unspecified atom stereocenters. The Balaban J connectivity index is 2.39. The largest absolute Gasteiger partial charge is 0.421 e. The van der Waals surface area contributed by atoms with E-state index in [4.69, 9.17) is 28.5 Å². The molecule has 4 nitrogen and oxygen atoms in total. The van der Waals surface area contributed by atoms with Gasteiger partial charge >= 0.3 is 6.18 Å². The third kappa shape index (κ3) is 4.08. The molecule has 126 valence electrons. The standard InChI is InChI=1S/C15H10Cl2F3N3O/c16-12-3-1-2-9(13(12)17)5-7-23-14(24)11(15(18,19)20)8-10(22-23)4-6-21/h1-3,8H,4-5,7H2. The summed E-state index contributed by atoms with van der Waals surface area (Å²) in [6.45, 7) is -0.124. The van der Waals surface area contributed by atoms with Gasteiger partial charge in [0, 0.05) is 6.54 Å². The first-order valence-corrected chi connectivity index (χ1v) is 7.47. The molecule has 2 aromatic rings. The van der Waals surface area contributed by atoms with E-state index in [0.29, 0.717) is 21.3 Å². The molecule has 0 spiro atoms. The number of aryl methyl sites for hydroxylation is 2. The summed E-state index contributed by atoms with van der Waals surface area (Å²) < 4.78 is 39.6. The summed E-state index contributed by atoms with van der Waals surface area (Å²) in [6.07, 6.45) is -4.99. The Morgan fingerprint density at radius 3 is 2.62 bits per heavy atom. The zero-order chi connectivity index (χ0) is 17.9.